The van der Waals surface area contributed by atoms with E-state index in [-0.39, 0.29) is 11.8 Å². The van der Waals surface area contributed by atoms with E-state index in [1.807, 2.05) is 25.7 Å². The minimum Gasteiger partial charge on any atom is -0.372 e. The van der Waals surface area contributed by atoms with Gasteiger partial charge in [-0.2, -0.15) is 22.7 Å². The number of halogens is 3. The lowest BCUT2D eigenvalue weighted by molar-refractivity contribution is -0.144. The minimum atomic E-state index is -4.60. The molecule has 0 aliphatic carbocycles. The zero-order valence-corrected chi connectivity index (χ0v) is 14.1. The Morgan fingerprint density at radius 2 is 2.04 bits per heavy atom. The average Bonchev–Trinajstić information content (AvgIpc) is 2.89. The topological polar surface area (TPSA) is 55.5 Å². The molecule has 3 rings (SSSR count). The van der Waals surface area contributed by atoms with Crippen LogP contribution in [0.2, 0.25) is 0 Å². The van der Waals surface area contributed by atoms with Crippen LogP contribution in [0.15, 0.2) is 6.07 Å². The second-order valence-corrected chi connectivity index (χ2v) is 6.66. The van der Waals surface area contributed by atoms with Gasteiger partial charge in [-0.15, -0.1) is 5.10 Å². The van der Waals surface area contributed by atoms with Crippen molar-refractivity contribution in [3.63, 3.8) is 0 Å². The van der Waals surface area contributed by atoms with E-state index in [1.54, 1.807) is 13.0 Å². The molecule has 1 fully saturated rings. The van der Waals surface area contributed by atoms with E-state index in [0.717, 1.165) is 6.42 Å². The van der Waals surface area contributed by atoms with Crippen LogP contribution in [-0.4, -0.2) is 44.4 Å². The molecular weight excluding hydrogens is 323 g/mol. The van der Waals surface area contributed by atoms with Crippen LogP contribution in [0.3, 0.4) is 0 Å². The molecule has 1 saturated heterocycles. The van der Waals surface area contributed by atoms with Crippen molar-refractivity contribution in [2.45, 2.75) is 51.9 Å². The summed E-state index contributed by atoms with van der Waals surface area (Å²) in [4.78, 5) is 9.67. The van der Waals surface area contributed by atoms with Crippen molar-refractivity contribution in [2.75, 3.05) is 18.1 Å². The van der Waals surface area contributed by atoms with Crippen LogP contribution < -0.4 is 4.90 Å². The van der Waals surface area contributed by atoms with Crippen molar-refractivity contribution in [3.8, 4) is 0 Å². The summed E-state index contributed by atoms with van der Waals surface area (Å²) in [5.41, 5.74) is 0.195. The van der Waals surface area contributed by atoms with E-state index >= 15 is 0 Å². The predicted octanol–water partition coefficient (Wildman–Crippen LogP) is 2.85. The van der Waals surface area contributed by atoms with E-state index in [4.69, 9.17) is 4.74 Å². The molecule has 132 valence electrons. The molecule has 6 nitrogen and oxygen atoms in total. The molecule has 0 aromatic carbocycles. The van der Waals surface area contributed by atoms with Crippen LogP contribution in [0, 0.1) is 6.92 Å². The van der Waals surface area contributed by atoms with E-state index in [2.05, 4.69) is 15.1 Å². The quantitative estimate of drug-likeness (QED) is 0.839. The van der Waals surface area contributed by atoms with Crippen molar-refractivity contribution in [2.24, 2.45) is 0 Å². The van der Waals surface area contributed by atoms with Gasteiger partial charge in [0, 0.05) is 18.3 Å². The van der Waals surface area contributed by atoms with Crippen molar-refractivity contribution < 1.29 is 17.9 Å². The minimum absolute atomic E-state index is 0.0449. The van der Waals surface area contributed by atoms with Gasteiger partial charge in [-0.05, 0) is 27.2 Å². The summed E-state index contributed by atoms with van der Waals surface area (Å²) in [6, 6.07) is 1.80. The molecule has 0 amide bonds. The molecule has 1 atom stereocenters. The normalized spacial score (nSPS) is 21.5. The summed E-state index contributed by atoms with van der Waals surface area (Å²) in [7, 11) is 0. The molecule has 2 aromatic rings. The third-order valence-electron chi connectivity index (χ3n) is 4.10. The Bertz CT molecular complexity index is 755. The molecule has 1 unspecified atom stereocenters. The molecule has 0 spiro atoms. The number of anilines is 1. The van der Waals surface area contributed by atoms with Gasteiger partial charge >= 0.3 is 6.18 Å². The highest BCUT2D eigenvalue weighted by atomic mass is 19.4. The van der Waals surface area contributed by atoms with Gasteiger partial charge in [0.15, 0.2) is 0 Å². The summed E-state index contributed by atoms with van der Waals surface area (Å²) in [6.07, 6.45) is -3.80. The fraction of sp³-hybridized carbons (Fsp3) is 0.667. The maximum Gasteiger partial charge on any atom is 0.453 e. The first kappa shape index (κ1) is 16.9. The Balaban J connectivity index is 2.15. The number of aromatic nitrogens is 4. The van der Waals surface area contributed by atoms with Gasteiger partial charge in [0.05, 0.1) is 18.2 Å². The van der Waals surface area contributed by atoms with Crippen molar-refractivity contribution in [1.29, 1.82) is 0 Å². The summed E-state index contributed by atoms with van der Waals surface area (Å²) in [5.74, 6) is -0.664. The second-order valence-electron chi connectivity index (χ2n) is 6.66. The van der Waals surface area contributed by atoms with Gasteiger partial charge in [-0.1, -0.05) is 6.92 Å². The van der Waals surface area contributed by atoms with Crippen LogP contribution in [-0.2, 0) is 10.9 Å². The largest absolute Gasteiger partial charge is 0.453 e. The lowest BCUT2D eigenvalue weighted by Gasteiger charge is -2.44. The monoisotopic (exact) mass is 343 g/mol. The first-order valence-corrected chi connectivity index (χ1v) is 7.83. The molecular formula is C15H20F3N5O. The number of hydrogen-bond acceptors (Lipinski definition) is 5. The predicted molar refractivity (Wildman–Crippen MR) is 82.0 cm³/mol. The number of hydrogen-bond donors (Lipinski definition) is 0. The smallest absolute Gasteiger partial charge is 0.372 e. The molecule has 0 radical (unpaired) electrons. The molecule has 3 heterocycles. The molecule has 24 heavy (non-hydrogen) atoms. The molecule has 0 saturated carbocycles. The maximum atomic E-state index is 13.0. The van der Waals surface area contributed by atoms with E-state index in [1.165, 1.54) is 4.52 Å². The highest BCUT2D eigenvalue weighted by molar-refractivity contribution is 5.49. The van der Waals surface area contributed by atoms with Crippen LogP contribution in [0.25, 0.3) is 5.78 Å². The van der Waals surface area contributed by atoms with E-state index in [0.29, 0.717) is 24.7 Å². The van der Waals surface area contributed by atoms with Crippen LogP contribution in [0.5, 0.6) is 0 Å². The van der Waals surface area contributed by atoms with E-state index < -0.39 is 17.6 Å². The highest BCUT2D eigenvalue weighted by Gasteiger charge is 2.38. The zero-order chi connectivity index (χ0) is 17.7. The molecule has 0 N–H and O–H groups in total. The van der Waals surface area contributed by atoms with Crippen molar-refractivity contribution in [1.82, 2.24) is 19.6 Å². The van der Waals surface area contributed by atoms with Gasteiger partial charge in [-0.25, -0.2) is 4.98 Å². The lowest BCUT2D eigenvalue weighted by Crippen LogP contribution is -2.54. The SMILES string of the molecule is CCC1COC(C)(C)CN1c1cc(C)nc2nc(C(F)(F)F)nn12. The Labute approximate surface area is 137 Å². The molecule has 1 aliphatic rings. The van der Waals surface area contributed by atoms with Crippen molar-refractivity contribution >= 4 is 11.6 Å². The average molecular weight is 343 g/mol. The number of alkyl halides is 3. The van der Waals surface area contributed by atoms with Gasteiger partial charge in [0.2, 0.25) is 0 Å². The first-order chi connectivity index (χ1) is 11.1. The van der Waals surface area contributed by atoms with Crippen molar-refractivity contribution in [3.05, 3.63) is 17.6 Å². The lowest BCUT2D eigenvalue weighted by atomic mass is 10.0. The number of aryl methyl sites for hydroxylation is 1. The maximum absolute atomic E-state index is 13.0. The Hall–Kier alpha value is -1.90. The van der Waals surface area contributed by atoms with Gasteiger partial charge in [-0.3, -0.25) is 0 Å². The molecule has 0 bridgehead atoms. The molecule has 2 aromatic heterocycles. The summed E-state index contributed by atoms with van der Waals surface area (Å²) in [5, 5.41) is 3.65. The number of rotatable bonds is 2. The van der Waals surface area contributed by atoms with Gasteiger partial charge < -0.3 is 9.64 Å². The third kappa shape index (κ3) is 3.04. The van der Waals surface area contributed by atoms with Crippen LogP contribution in [0.1, 0.15) is 38.7 Å². The third-order valence-corrected chi connectivity index (χ3v) is 4.10. The first-order valence-electron chi connectivity index (χ1n) is 7.83. The van der Waals surface area contributed by atoms with E-state index in [9.17, 15) is 13.2 Å². The number of nitrogens with zero attached hydrogens (tertiary/aromatic N) is 5. The molecule has 1 aliphatic heterocycles. The van der Waals surface area contributed by atoms with Crippen LogP contribution >= 0.6 is 0 Å². The number of ether oxygens (including phenoxy) is 1. The Morgan fingerprint density at radius 3 is 2.67 bits per heavy atom. The standard InChI is InChI=1S/C15H20F3N5O/c1-5-10-7-24-14(3,4)8-22(10)11-6-9(2)19-13-20-12(15(16,17)18)21-23(11)13/h6,10H,5,7-8H2,1-4H3. The van der Waals surface area contributed by atoms with Crippen LogP contribution in [0.4, 0.5) is 19.0 Å². The number of fused-ring (bicyclic) bond motifs is 1. The molecule has 9 heteroatoms. The summed E-state index contributed by atoms with van der Waals surface area (Å²) in [6.45, 7) is 8.72. The Morgan fingerprint density at radius 1 is 1.33 bits per heavy atom. The second kappa shape index (κ2) is 5.58. The Kier molecular flexibility index (Phi) is 3.94. The summed E-state index contributed by atoms with van der Waals surface area (Å²) < 4.78 is 45.9. The highest BCUT2D eigenvalue weighted by Crippen LogP contribution is 2.31. The summed E-state index contributed by atoms with van der Waals surface area (Å²) >= 11 is 0. The van der Waals surface area contributed by atoms with Gasteiger partial charge in [0.1, 0.15) is 5.82 Å². The zero-order valence-electron chi connectivity index (χ0n) is 14.1. The number of morpholine rings is 1. The fourth-order valence-electron chi connectivity index (χ4n) is 2.90. The fourth-order valence-corrected chi connectivity index (χ4v) is 2.90. The van der Waals surface area contributed by atoms with Gasteiger partial charge in [0.25, 0.3) is 11.6 Å².